The fourth-order valence-electron chi connectivity index (χ4n) is 8.53. The predicted octanol–water partition coefficient (Wildman–Crippen LogP) is 12.3. The molecule has 7 aromatic rings. The average molecular weight is 641 g/mol. The van der Waals surface area contributed by atoms with Crippen molar-refractivity contribution in [2.24, 2.45) is 0 Å². The fourth-order valence-corrected chi connectivity index (χ4v) is 8.53. The summed E-state index contributed by atoms with van der Waals surface area (Å²) >= 11 is 0. The summed E-state index contributed by atoms with van der Waals surface area (Å²) in [4.78, 5) is 2.53. The SMILES string of the molecule is C1=CC(c2ccccc2)CC(n2c3ccccc3c3cc(C4=CC5c6ccccc6N(c6cccc(-c7ccccc7)c6)C5C=C4)ccc32)=C1. The molecule has 238 valence electrons. The molecule has 2 heterocycles. The molecule has 3 aliphatic rings. The Bertz CT molecular complexity index is 2530. The van der Waals surface area contributed by atoms with Crippen LogP contribution in [0.1, 0.15) is 34.9 Å². The molecule has 2 nitrogen and oxygen atoms in total. The van der Waals surface area contributed by atoms with Crippen molar-refractivity contribution in [1.82, 2.24) is 4.57 Å². The molecular weight excluding hydrogens is 605 g/mol. The van der Waals surface area contributed by atoms with Crippen molar-refractivity contribution in [2.75, 3.05) is 4.90 Å². The molecule has 1 aliphatic heterocycles. The van der Waals surface area contributed by atoms with Crippen LogP contribution in [0.5, 0.6) is 0 Å². The third-order valence-electron chi connectivity index (χ3n) is 10.9. The lowest BCUT2D eigenvalue weighted by molar-refractivity contribution is 0.747. The third-order valence-corrected chi connectivity index (χ3v) is 10.9. The van der Waals surface area contributed by atoms with Crippen molar-refractivity contribution in [1.29, 1.82) is 0 Å². The first-order chi connectivity index (χ1) is 24.8. The minimum atomic E-state index is 0.219. The summed E-state index contributed by atoms with van der Waals surface area (Å²) in [5.74, 6) is 0.629. The standard InChI is InChI=1S/C48H36N2/c1-3-13-33(14-4-1)35-17-11-19-39(29-35)49-45-23-9-7-21-41(45)43-31-37(25-27-47(43)49)38-26-28-48-44(32-38)42-22-8-10-24-46(42)50(48)40-20-12-18-36(30-40)34-15-5-2-6-16-34/h1-29,31-32,36,43,47H,30H2. The number of anilines is 2. The van der Waals surface area contributed by atoms with Crippen molar-refractivity contribution >= 4 is 44.5 Å². The van der Waals surface area contributed by atoms with Crippen LogP contribution in [-0.4, -0.2) is 10.6 Å². The van der Waals surface area contributed by atoms with Gasteiger partial charge in [0.1, 0.15) is 0 Å². The Hall–Kier alpha value is -6.12. The van der Waals surface area contributed by atoms with Gasteiger partial charge in [0.15, 0.2) is 0 Å². The van der Waals surface area contributed by atoms with E-state index in [0.717, 1.165) is 6.42 Å². The number of rotatable bonds is 5. The Kier molecular flexibility index (Phi) is 6.80. The molecule has 0 bridgehead atoms. The molecule has 50 heavy (non-hydrogen) atoms. The summed E-state index contributed by atoms with van der Waals surface area (Å²) in [6.07, 6.45) is 15.1. The quantitative estimate of drug-likeness (QED) is 0.182. The van der Waals surface area contributed by atoms with E-state index in [1.54, 1.807) is 0 Å². The number of aromatic nitrogens is 1. The van der Waals surface area contributed by atoms with E-state index in [0.29, 0.717) is 5.92 Å². The van der Waals surface area contributed by atoms with E-state index in [1.807, 2.05) is 0 Å². The highest BCUT2D eigenvalue weighted by Gasteiger charge is 2.38. The topological polar surface area (TPSA) is 8.17 Å². The first-order valence-corrected chi connectivity index (χ1v) is 17.7. The maximum Gasteiger partial charge on any atom is 0.0630 e. The van der Waals surface area contributed by atoms with Gasteiger partial charge in [-0.2, -0.15) is 0 Å². The van der Waals surface area contributed by atoms with Crippen molar-refractivity contribution in [3.63, 3.8) is 0 Å². The fraction of sp³-hybridized carbons (Fsp3) is 0.0833. The third kappa shape index (κ3) is 4.71. The van der Waals surface area contributed by atoms with Crippen molar-refractivity contribution in [3.8, 4) is 11.1 Å². The zero-order valence-corrected chi connectivity index (χ0v) is 27.7. The van der Waals surface area contributed by atoms with Crippen LogP contribution in [0, 0.1) is 0 Å². The van der Waals surface area contributed by atoms with E-state index < -0.39 is 0 Å². The Morgan fingerprint density at radius 3 is 2.22 bits per heavy atom. The number of fused-ring (bicyclic) bond motifs is 6. The van der Waals surface area contributed by atoms with Gasteiger partial charge in [0, 0.05) is 39.7 Å². The first kappa shape index (κ1) is 28.9. The van der Waals surface area contributed by atoms with Crippen molar-refractivity contribution < 1.29 is 0 Å². The molecule has 2 aliphatic carbocycles. The summed E-state index contributed by atoms with van der Waals surface area (Å²) in [5.41, 5.74) is 14.1. The second kappa shape index (κ2) is 11.8. The lowest BCUT2D eigenvalue weighted by atomic mass is 9.86. The largest absolute Gasteiger partial charge is 0.333 e. The van der Waals surface area contributed by atoms with Crippen LogP contribution in [0.15, 0.2) is 188 Å². The van der Waals surface area contributed by atoms with Crippen LogP contribution in [-0.2, 0) is 0 Å². The molecule has 6 aromatic carbocycles. The van der Waals surface area contributed by atoms with Crippen LogP contribution >= 0.6 is 0 Å². The maximum atomic E-state index is 2.53. The van der Waals surface area contributed by atoms with Gasteiger partial charge in [0.2, 0.25) is 0 Å². The van der Waals surface area contributed by atoms with Crippen LogP contribution < -0.4 is 4.90 Å². The van der Waals surface area contributed by atoms with E-state index >= 15 is 0 Å². The molecule has 0 saturated heterocycles. The summed E-state index contributed by atoms with van der Waals surface area (Å²) in [5, 5.41) is 2.59. The second-order valence-electron chi connectivity index (χ2n) is 13.7. The van der Waals surface area contributed by atoms with Crippen molar-refractivity contribution in [3.05, 3.63) is 205 Å². The van der Waals surface area contributed by atoms with Crippen LogP contribution in [0.2, 0.25) is 0 Å². The Morgan fingerprint density at radius 2 is 1.32 bits per heavy atom. The van der Waals surface area contributed by atoms with Crippen molar-refractivity contribution in [2.45, 2.75) is 24.3 Å². The van der Waals surface area contributed by atoms with Gasteiger partial charge in [-0.3, -0.25) is 0 Å². The van der Waals surface area contributed by atoms with Gasteiger partial charge < -0.3 is 9.47 Å². The number of allylic oxidation sites excluding steroid dienone is 6. The second-order valence-corrected chi connectivity index (χ2v) is 13.7. The van der Waals surface area contributed by atoms with Gasteiger partial charge in [-0.05, 0) is 82.3 Å². The number of benzene rings is 6. The molecule has 0 saturated carbocycles. The molecule has 3 atom stereocenters. The lowest BCUT2D eigenvalue weighted by Gasteiger charge is -2.30. The maximum absolute atomic E-state index is 2.53. The molecule has 0 fully saturated rings. The molecule has 0 N–H and O–H groups in total. The molecule has 0 amide bonds. The van der Waals surface area contributed by atoms with Gasteiger partial charge in [-0.1, -0.05) is 146 Å². The molecule has 0 radical (unpaired) electrons. The van der Waals surface area contributed by atoms with Gasteiger partial charge in [-0.25, -0.2) is 0 Å². The molecular formula is C48H36N2. The van der Waals surface area contributed by atoms with E-state index in [1.165, 1.54) is 72.3 Å². The van der Waals surface area contributed by atoms with E-state index in [-0.39, 0.29) is 12.0 Å². The van der Waals surface area contributed by atoms with Crippen LogP contribution in [0.3, 0.4) is 0 Å². The molecule has 3 unspecified atom stereocenters. The molecule has 10 rings (SSSR count). The number of nitrogens with zero attached hydrogens (tertiary/aromatic N) is 2. The predicted molar refractivity (Wildman–Crippen MR) is 211 cm³/mol. The molecule has 1 aromatic heterocycles. The summed E-state index contributed by atoms with van der Waals surface area (Å²) in [7, 11) is 0. The monoisotopic (exact) mass is 640 g/mol. The summed E-state index contributed by atoms with van der Waals surface area (Å²) in [6, 6.07) is 55.7. The Balaban J connectivity index is 1.03. The normalized spacial score (nSPS) is 19.4. The number of hydrogen-bond donors (Lipinski definition) is 0. The first-order valence-electron chi connectivity index (χ1n) is 17.7. The smallest absolute Gasteiger partial charge is 0.0630 e. The Morgan fingerprint density at radius 1 is 0.560 bits per heavy atom. The highest BCUT2D eigenvalue weighted by molar-refractivity contribution is 6.11. The zero-order valence-electron chi connectivity index (χ0n) is 27.7. The number of para-hydroxylation sites is 2. The van der Waals surface area contributed by atoms with E-state index in [4.69, 9.17) is 0 Å². The minimum Gasteiger partial charge on any atom is -0.333 e. The summed E-state index contributed by atoms with van der Waals surface area (Å²) in [6.45, 7) is 0. The van der Waals surface area contributed by atoms with E-state index in [9.17, 15) is 0 Å². The average Bonchev–Trinajstić information content (AvgIpc) is 3.71. The van der Waals surface area contributed by atoms with Crippen LogP contribution in [0.25, 0.3) is 44.2 Å². The summed E-state index contributed by atoms with van der Waals surface area (Å²) < 4.78 is 2.49. The van der Waals surface area contributed by atoms with Gasteiger partial charge in [0.25, 0.3) is 0 Å². The number of hydrogen-bond acceptors (Lipinski definition) is 1. The zero-order chi connectivity index (χ0) is 33.0. The van der Waals surface area contributed by atoms with Gasteiger partial charge in [-0.15, -0.1) is 0 Å². The van der Waals surface area contributed by atoms with Gasteiger partial charge >= 0.3 is 0 Å². The van der Waals surface area contributed by atoms with Gasteiger partial charge in [0.05, 0.1) is 17.1 Å². The highest BCUT2D eigenvalue weighted by Crippen LogP contribution is 2.50. The highest BCUT2D eigenvalue weighted by atomic mass is 15.2. The van der Waals surface area contributed by atoms with Crippen LogP contribution in [0.4, 0.5) is 11.4 Å². The molecule has 2 heteroatoms. The Labute approximate surface area is 293 Å². The minimum absolute atomic E-state index is 0.219. The lowest BCUT2D eigenvalue weighted by Crippen LogP contribution is -2.29. The molecule has 0 spiro atoms. The van der Waals surface area contributed by atoms with E-state index in [2.05, 4.69) is 198 Å².